The molecule has 34 heavy (non-hydrogen) atoms. The SMILES string of the molecule is CC(=O)Nc1ccc(C2=C(Nc3ccc4c(c3)OCO4)C(=O)N(Cc3ccccn3)C2=O)cc1. The van der Waals surface area contributed by atoms with Crippen molar-refractivity contribution in [2.24, 2.45) is 0 Å². The van der Waals surface area contributed by atoms with Crippen molar-refractivity contribution in [2.45, 2.75) is 13.5 Å². The van der Waals surface area contributed by atoms with Gasteiger partial charge in [0.15, 0.2) is 11.5 Å². The largest absolute Gasteiger partial charge is 0.454 e. The third-order valence-electron chi connectivity index (χ3n) is 5.35. The van der Waals surface area contributed by atoms with E-state index in [-0.39, 0.29) is 30.5 Å². The van der Waals surface area contributed by atoms with Crippen LogP contribution in [-0.4, -0.2) is 34.4 Å². The van der Waals surface area contributed by atoms with Gasteiger partial charge in [0.25, 0.3) is 11.8 Å². The van der Waals surface area contributed by atoms with E-state index < -0.39 is 11.8 Å². The molecule has 0 saturated heterocycles. The Hall–Kier alpha value is -4.66. The number of aromatic nitrogens is 1. The van der Waals surface area contributed by atoms with Crippen LogP contribution >= 0.6 is 0 Å². The average molecular weight is 456 g/mol. The predicted octanol–water partition coefficient (Wildman–Crippen LogP) is 3.16. The second-order valence-electron chi connectivity index (χ2n) is 7.72. The van der Waals surface area contributed by atoms with Gasteiger partial charge in [0, 0.05) is 30.6 Å². The lowest BCUT2D eigenvalue weighted by Crippen LogP contribution is -2.32. The number of amides is 3. The van der Waals surface area contributed by atoms with Crippen molar-refractivity contribution in [2.75, 3.05) is 17.4 Å². The molecule has 0 radical (unpaired) electrons. The number of hydrogen-bond donors (Lipinski definition) is 2. The normalized spacial score (nSPS) is 14.6. The van der Waals surface area contributed by atoms with Gasteiger partial charge in [0.2, 0.25) is 12.7 Å². The van der Waals surface area contributed by atoms with E-state index in [0.29, 0.717) is 34.1 Å². The van der Waals surface area contributed by atoms with Gasteiger partial charge in [-0.25, -0.2) is 0 Å². The van der Waals surface area contributed by atoms with Crippen LogP contribution in [0.5, 0.6) is 11.5 Å². The first-order valence-electron chi connectivity index (χ1n) is 10.5. The Bertz CT molecular complexity index is 1320. The van der Waals surface area contributed by atoms with E-state index in [2.05, 4.69) is 15.6 Å². The number of benzene rings is 2. The molecule has 0 unspecified atom stereocenters. The molecule has 9 nitrogen and oxygen atoms in total. The number of carbonyl (C=O) groups excluding carboxylic acids is 3. The van der Waals surface area contributed by atoms with Gasteiger partial charge < -0.3 is 20.1 Å². The summed E-state index contributed by atoms with van der Waals surface area (Å²) >= 11 is 0. The molecule has 0 spiro atoms. The van der Waals surface area contributed by atoms with Gasteiger partial charge in [0.05, 0.1) is 17.8 Å². The topological polar surface area (TPSA) is 110 Å². The molecule has 3 amide bonds. The summed E-state index contributed by atoms with van der Waals surface area (Å²) in [5, 5.41) is 5.80. The molecule has 9 heteroatoms. The van der Waals surface area contributed by atoms with Crippen LogP contribution in [0.3, 0.4) is 0 Å². The van der Waals surface area contributed by atoms with Gasteiger partial charge in [-0.3, -0.25) is 24.3 Å². The summed E-state index contributed by atoms with van der Waals surface area (Å²) in [6.07, 6.45) is 1.61. The molecule has 0 aliphatic carbocycles. The number of nitrogens with one attached hydrogen (secondary N) is 2. The third-order valence-corrected chi connectivity index (χ3v) is 5.35. The van der Waals surface area contributed by atoms with Crippen molar-refractivity contribution in [3.05, 3.63) is 83.8 Å². The fourth-order valence-corrected chi connectivity index (χ4v) is 3.80. The van der Waals surface area contributed by atoms with E-state index in [0.717, 1.165) is 4.90 Å². The predicted molar refractivity (Wildman–Crippen MR) is 124 cm³/mol. The Morgan fingerprint density at radius 2 is 1.74 bits per heavy atom. The lowest BCUT2D eigenvalue weighted by Gasteiger charge is -2.15. The molecule has 5 rings (SSSR count). The van der Waals surface area contributed by atoms with Gasteiger partial charge in [-0.15, -0.1) is 0 Å². The highest BCUT2D eigenvalue weighted by atomic mass is 16.7. The van der Waals surface area contributed by atoms with E-state index in [9.17, 15) is 14.4 Å². The molecule has 170 valence electrons. The summed E-state index contributed by atoms with van der Waals surface area (Å²) in [5.74, 6) is 0.0547. The van der Waals surface area contributed by atoms with E-state index in [1.165, 1.54) is 6.92 Å². The van der Waals surface area contributed by atoms with E-state index in [1.54, 1.807) is 66.9 Å². The van der Waals surface area contributed by atoms with Crippen LogP contribution in [0.4, 0.5) is 11.4 Å². The van der Waals surface area contributed by atoms with Crippen LogP contribution < -0.4 is 20.1 Å². The molecule has 0 bridgehead atoms. The van der Waals surface area contributed by atoms with Crippen LogP contribution in [-0.2, 0) is 20.9 Å². The van der Waals surface area contributed by atoms with Crippen LogP contribution in [0.1, 0.15) is 18.2 Å². The molecule has 3 heterocycles. The molecular weight excluding hydrogens is 436 g/mol. The summed E-state index contributed by atoms with van der Waals surface area (Å²) in [6, 6.07) is 17.3. The number of pyridine rings is 1. The molecule has 2 aromatic carbocycles. The Balaban J connectivity index is 1.51. The number of carbonyl (C=O) groups is 3. The second kappa shape index (κ2) is 8.70. The monoisotopic (exact) mass is 456 g/mol. The highest BCUT2D eigenvalue weighted by molar-refractivity contribution is 6.36. The standard InChI is InChI=1S/C25H20N4O5/c1-15(30)27-17-7-5-16(6-8-17)22-23(28-18-9-10-20-21(12-18)34-14-33-20)25(32)29(24(22)31)13-19-4-2-3-11-26-19/h2-12,28H,13-14H2,1H3,(H,27,30). The fourth-order valence-electron chi connectivity index (χ4n) is 3.80. The zero-order chi connectivity index (χ0) is 23.7. The molecular formula is C25H20N4O5. The van der Waals surface area contributed by atoms with Gasteiger partial charge in [-0.05, 0) is 42.0 Å². The summed E-state index contributed by atoms with van der Waals surface area (Å²) < 4.78 is 10.8. The van der Waals surface area contributed by atoms with E-state index >= 15 is 0 Å². The van der Waals surface area contributed by atoms with Crippen LogP contribution in [0.25, 0.3) is 5.57 Å². The molecule has 3 aromatic rings. The maximum absolute atomic E-state index is 13.4. The molecule has 1 aromatic heterocycles. The molecule has 2 aliphatic heterocycles. The van der Waals surface area contributed by atoms with Crippen molar-refractivity contribution in [3.8, 4) is 11.5 Å². The minimum Gasteiger partial charge on any atom is -0.454 e. The first-order chi connectivity index (χ1) is 16.5. The Labute approximate surface area is 195 Å². The van der Waals surface area contributed by atoms with Crippen molar-refractivity contribution in [1.29, 1.82) is 0 Å². The van der Waals surface area contributed by atoms with Gasteiger partial charge in [-0.2, -0.15) is 0 Å². The Morgan fingerprint density at radius 1 is 0.971 bits per heavy atom. The second-order valence-corrected chi connectivity index (χ2v) is 7.72. The molecule has 0 saturated carbocycles. The van der Waals surface area contributed by atoms with Crippen molar-refractivity contribution in [1.82, 2.24) is 9.88 Å². The lowest BCUT2D eigenvalue weighted by molar-refractivity contribution is -0.137. The molecule has 0 fully saturated rings. The minimum absolute atomic E-state index is 0.0400. The molecule has 0 atom stereocenters. The number of fused-ring (bicyclic) bond motifs is 1. The van der Waals surface area contributed by atoms with Crippen LogP contribution in [0.15, 0.2) is 72.6 Å². The molecule has 2 N–H and O–H groups in total. The van der Waals surface area contributed by atoms with Crippen molar-refractivity contribution < 1.29 is 23.9 Å². The van der Waals surface area contributed by atoms with Gasteiger partial charge in [-0.1, -0.05) is 18.2 Å². The maximum Gasteiger partial charge on any atom is 0.278 e. The third kappa shape index (κ3) is 4.06. The first kappa shape index (κ1) is 21.2. The summed E-state index contributed by atoms with van der Waals surface area (Å²) in [5.41, 5.74) is 2.67. The van der Waals surface area contributed by atoms with Crippen molar-refractivity contribution in [3.63, 3.8) is 0 Å². The quantitative estimate of drug-likeness (QED) is 0.548. The maximum atomic E-state index is 13.4. The zero-order valence-electron chi connectivity index (χ0n) is 18.2. The first-order valence-corrected chi connectivity index (χ1v) is 10.5. The summed E-state index contributed by atoms with van der Waals surface area (Å²) in [6.45, 7) is 1.58. The lowest BCUT2D eigenvalue weighted by atomic mass is 10.0. The summed E-state index contributed by atoms with van der Waals surface area (Å²) in [4.78, 5) is 43.6. The number of rotatable bonds is 6. The van der Waals surface area contributed by atoms with E-state index in [4.69, 9.17) is 9.47 Å². The number of ether oxygens (including phenoxy) is 2. The number of imide groups is 1. The highest BCUT2D eigenvalue weighted by Crippen LogP contribution is 2.37. The Kier molecular flexibility index (Phi) is 5.43. The highest BCUT2D eigenvalue weighted by Gasteiger charge is 2.39. The number of nitrogens with zero attached hydrogens (tertiary/aromatic N) is 2. The number of hydrogen-bond acceptors (Lipinski definition) is 7. The number of anilines is 2. The van der Waals surface area contributed by atoms with Crippen LogP contribution in [0, 0.1) is 0 Å². The smallest absolute Gasteiger partial charge is 0.278 e. The summed E-state index contributed by atoms with van der Waals surface area (Å²) in [7, 11) is 0. The fraction of sp³-hybridized carbons (Fsp3) is 0.120. The van der Waals surface area contributed by atoms with Gasteiger partial charge in [0.1, 0.15) is 5.70 Å². The average Bonchev–Trinajstić information content (AvgIpc) is 3.38. The van der Waals surface area contributed by atoms with Crippen LogP contribution in [0.2, 0.25) is 0 Å². The molecule has 2 aliphatic rings. The Morgan fingerprint density at radius 3 is 2.47 bits per heavy atom. The zero-order valence-corrected chi connectivity index (χ0v) is 18.2. The van der Waals surface area contributed by atoms with E-state index in [1.807, 2.05) is 0 Å². The van der Waals surface area contributed by atoms with Crippen molar-refractivity contribution >= 4 is 34.7 Å². The van der Waals surface area contributed by atoms with Gasteiger partial charge >= 0.3 is 0 Å². The minimum atomic E-state index is -0.464.